The molecule has 1 aliphatic heterocycles. The zero-order chi connectivity index (χ0) is 9.14. The molecule has 2 atom stereocenters. The van der Waals surface area contributed by atoms with E-state index in [1.807, 2.05) is 19.0 Å². The Labute approximate surface area is 72.1 Å². The van der Waals surface area contributed by atoms with Gasteiger partial charge in [-0.25, -0.2) is 4.79 Å². The van der Waals surface area contributed by atoms with Crippen LogP contribution in [0.5, 0.6) is 0 Å². The van der Waals surface area contributed by atoms with Crippen LogP contribution in [0.25, 0.3) is 0 Å². The predicted molar refractivity (Wildman–Crippen MR) is 44.1 cm³/mol. The van der Waals surface area contributed by atoms with Gasteiger partial charge < -0.3 is 14.7 Å². The van der Waals surface area contributed by atoms with E-state index in [0.717, 1.165) is 13.0 Å². The van der Waals surface area contributed by atoms with Crippen LogP contribution in [0.1, 0.15) is 12.8 Å². The molecule has 1 saturated heterocycles. The van der Waals surface area contributed by atoms with Gasteiger partial charge in [0, 0.05) is 6.54 Å². The van der Waals surface area contributed by atoms with Crippen LogP contribution in [-0.2, 0) is 9.53 Å². The monoisotopic (exact) mass is 173 g/mol. The standard InChI is InChI=1S/C8H15NO3/c1-9(2)5-6-3-4-7(12-6)8(10)11/h6-7H,3-5H2,1-2H3,(H,10,11)/t6-,7-/m0/s1. The number of hydrogen-bond acceptors (Lipinski definition) is 3. The summed E-state index contributed by atoms with van der Waals surface area (Å²) in [7, 11) is 3.91. The second-order valence-corrected chi connectivity index (χ2v) is 3.42. The van der Waals surface area contributed by atoms with Crippen LogP contribution in [0.4, 0.5) is 0 Å². The number of likely N-dealkylation sites (N-methyl/N-ethyl adjacent to an activating group) is 1. The summed E-state index contributed by atoms with van der Waals surface area (Å²) in [5.41, 5.74) is 0. The third-order valence-electron chi connectivity index (χ3n) is 1.95. The topological polar surface area (TPSA) is 49.8 Å². The van der Waals surface area contributed by atoms with Crippen molar-refractivity contribution >= 4 is 5.97 Å². The normalized spacial score (nSPS) is 29.6. The Morgan fingerprint density at radius 3 is 2.67 bits per heavy atom. The van der Waals surface area contributed by atoms with E-state index in [1.54, 1.807) is 0 Å². The van der Waals surface area contributed by atoms with Gasteiger partial charge in [0.05, 0.1) is 6.10 Å². The second kappa shape index (κ2) is 3.87. The highest BCUT2D eigenvalue weighted by molar-refractivity contribution is 5.72. The average molecular weight is 173 g/mol. The Bertz CT molecular complexity index is 170. The summed E-state index contributed by atoms with van der Waals surface area (Å²) < 4.78 is 5.29. The lowest BCUT2D eigenvalue weighted by Crippen LogP contribution is -2.28. The molecule has 0 radical (unpaired) electrons. The van der Waals surface area contributed by atoms with Gasteiger partial charge in [-0.1, -0.05) is 0 Å². The van der Waals surface area contributed by atoms with Gasteiger partial charge in [-0.05, 0) is 26.9 Å². The number of carbonyl (C=O) groups is 1. The van der Waals surface area contributed by atoms with Crippen molar-refractivity contribution < 1.29 is 14.6 Å². The molecule has 0 bridgehead atoms. The molecule has 0 amide bonds. The van der Waals surface area contributed by atoms with Crippen molar-refractivity contribution in [3.05, 3.63) is 0 Å². The molecule has 1 aliphatic rings. The van der Waals surface area contributed by atoms with Crippen LogP contribution in [0, 0.1) is 0 Å². The summed E-state index contributed by atoms with van der Waals surface area (Å²) in [5.74, 6) is -0.837. The SMILES string of the molecule is CN(C)C[C@@H]1CC[C@@H](C(=O)O)O1. The number of ether oxygens (including phenoxy) is 1. The van der Waals surface area contributed by atoms with E-state index < -0.39 is 12.1 Å². The molecule has 1 N–H and O–H groups in total. The first-order chi connectivity index (χ1) is 5.59. The lowest BCUT2D eigenvalue weighted by molar-refractivity contribution is -0.149. The minimum Gasteiger partial charge on any atom is -0.479 e. The number of carboxylic acid groups (broad SMARTS) is 1. The van der Waals surface area contributed by atoms with Crippen LogP contribution in [-0.4, -0.2) is 48.8 Å². The Morgan fingerprint density at radius 1 is 1.58 bits per heavy atom. The smallest absolute Gasteiger partial charge is 0.332 e. The molecule has 0 saturated carbocycles. The van der Waals surface area contributed by atoms with E-state index >= 15 is 0 Å². The first kappa shape index (κ1) is 9.48. The molecule has 4 heteroatoms. The summed E-state index contributed by atoms with van der Waals surface area (Å²) in [6.07, 6.45) is 1.03. The maximum Gasteiger partial charge on any atom is 0.332 e. The highest BCUT2D eigenvalue weighted by Gasteiger charge is 2.30. The zero-order valence-electron chi connectivity index (χ0n) is 7.49. The van der Waals surface area contributed by atoms with Crippen molar-refractivity contribution in [2.24, 2.45) is 0 Å². The van der Waals surface area contributed by atoms with Crippen LogP contribution >= 0.6 is 0 Å². The molecule has 70 valence electrons. The maximum absolute atomic E-state index is 10.5. The molecule has 1 heterocycles. The van der Waals surface area contributed by atoms with Gasteiger partial charge in [0.15, 0.2) is 6.10 Å². The summed E-state index contributed by atoms with van der Waals surface area (Å²) in [4.78, 5) is 12.5. The van der Waals surface area contributed by atoms with Crippen molar-refractivity contribution in [2.75, 3.05) is 20.6 Å². The summed E-state index contributed by atoms with van der Waals surface area (Å²) in [6.45, 7) is 0.809. The number of rotatable bonds is 3. The molecule has 1 fully saturated rings. The number of aliphatic carboxylic acids is 1. The Hall–Kier alpha value is -0.610. The van der Waals surface area contributed by atoms with Gasteiger partial charge in [-0.15, -0.1) is 0 Å². The first-order valence-electron chi connectivity index (χ1n) is 4.12. The van der Waals surface area contributed by atoms with E-state index in [9.17, 15) is 4.79 Å². The van der Waals surface area contributed by atoms with Crippen molar-refractivity contribution in [2.45, 2.75) is 25.0 Å². The molecule has 4 nitrogen and oxygen atoms in total. The van der Waals surface area contributed by atoms with Gasteiger partial charge >= 0.3 is 5.97 Å². The van der Waals surface area contributed by atoms with Crippen molar-refractivity contribution in [1.82, 2.24) is 4.90 Å². The predicted octanol–water partition coefficient (Wildman–Crippen LogP) is 0.180. The molecular formula is C8H15NO3. The van der Waals surface area contributed by atoms with Crippen LogP contribution in [0.3, 0.4) is 0 Å². The Kier molecular flexibility index (Phi) is 3.05. The molecular weight excluding hydrogens is 158 g/mol. The maximum atomic E-state index is 10.5. The largest absolute Gasteiger partial charge is 0.479 e. The molecule has 12 heavy (non-hydrogen) atoms. The van der Waals surface area contributed by atoms with E-state index in [4.69, 9.17) is 9.84 Å². The fraction of sp³-hybridized carbons (Fsp3) is 0.875. The van der Waals surface area contributed by atoms with E-state index in [2.05, 4.69) is 0 Å². The van der Waals surface area contributed by atoms with Gasteiger partial charge in [-0.2, -0.15) is 0 Å². The van der Waals surface area contributed by atoms with Crippen molar-refractivity contribution in [1.29, 1.82) is 0 Å². The van der Waals surface area contributed by atoms with Crippen molar-refractivity contribution in [3.8, 4) is 0 Å². The van der Waals surface area contributed by atoms with Gasteiger partial charge in [0.1, 0.15) is 0 Å². The third-order valence-corrected chi connectivity index (χ3v) is 1.95. The number of hydrogen-bond donors (Lipinski definition) is 1. The average Bonchev–Trinajstić information content (AvgIpc) is 2.34. The summed E-state index contributed by atoms with van der Waals surface area (Å²) in [6, 6.07) is 0. The molecule has 0 aliphatic carbocycles. The fourth-order valence-corrected chi connectivity index (χ4v) is 1.43. The molecule has 1 rings (SSSR count). The summed E-state index contributed by atoms with van der Waals surface area (Å²) in [5, 5.41) is 8.63. The molecule has 0 unspecified atom stereocenters. The molecule has 0 aromatic heterocycles. The van der Waals surface area contributed by atoms with Crippen LogP contribution in [0.15, 0.2) is 0 Å². The summed E-state index contributed by atoms with van der Waals surface area (Å²) >= 11 is 0. The van der Waals surface area contributed by atoms with Crippen LogP contribution in [0.2, 0.25) is 0 Å². The molecule has 0 aromatic rings. The lowest BCUT2D eigenvalue weighted by atomic mass is 10.2. The van der Waals surface area contributed by atoms with E-state index in [-0.39, 0.29) is 6.10 Å². The van der Waals surface area contributed by atoms with E-state index in [0.29, 0.717) is 6.42 Å². The van der Waals surface area contributed by atoms with Gasteiger partial charge in [0.25, 0.3) is 0 Å². The number of nitrogens with zero attached hydrogens (tertiary/aromatic N) is 1. The quantitative estimate of drug-likeness (QED) is 0.661. The molecule has 0 aromatic carbocycles. The third kappa shape index (κ3) is 2.46. The fourth-order valence-electron chi connectivity index (χ4n) is 1.43. The van der Waals surface area contributed by atoms with E-state index in [1.165, 1.54) is 0 Å². The van der Waals surface area contributed by atoms with Crippen LogP contribution < -0.4 is 0 Å². The zero-order valence-corrected chi connectivity index (χ0v) is 7.49. The second-order valence-electron chi connectivity index (χ2n) is 3.42. The van der Waals surface area contributed by atoms with Gasteiger partial charge in [0.2, 0.25) is 0 Å². The Morgan fingerprint density at radius 2 is 2.25 bits per heavy atom. The van der Waals surface area contributed by atoms with Gasteiger partial charge in [-0.3, -0.25) is 0 Å². The minimum atomic E-state index is -0.837. The molecule has 0 spiro atoms. The Balaban J connectivity index is 2.30. The highest BCUT2D eigenvalue weighted by Crippen LogP contribution is 2.19. The van der Waals surface area contributed by atoms with Crippen molar-refractivity contribution in [3.63, 3.8) is 0 Å². The first-order valence-corrected chi connectivity index (χ1v) is 4.12. The highest BCUT2D eigenvalue weighted by atomic mass is 16.5. The minimum absolute atomic E-state index is 0.0982. The number of carboxylic acids is 1. The lowest BCUT2D eigenvalue weighted by Gasteiger charge is -2.15.